The van der Waals surface area contributed by atoms with Crippen molar-refractivity contribution in [1.82, 2.24) is 0 Å². The molecule has 0 radical (unpaired) electrons. The van der Waals surface area contributed by atoms with Crippen molar-refractivity contribution in [3.05, 3.63) is 35.6 Å². The molecule has 1 heterocycles. The Kier molecular flexibility index (Phi) is 5.11. The predicted molar refractivity (Wildman–Crippen MR) is 116 cm³/mol. The monoisotopic (exact) mass is 409 g/mol. The lowest BCUT2D eigenvalue weighted by Crippen LogP contribution is -2.46. The summed E-state index contributed by atoms with van der Waals surface area (Å²) in [6, 6.07) is 5.68. The first-order valence-electron chi connectivity index (χ1n) is 11.2. The summed E-state index contributed by atoms with van der Waals surface area (Å²) in [6.45, 7) is 8.26. The van der Waals surface area contributed by atoms with Crippen molar-refractivity contribution in [2.75, 3.05) is 0 Å². The smallest absolute Gasteiger partial charge is 0.317 e. The van der Waals surface area contributed by atoms with Gasteiger partial charge < -0.3 is 9.84 Å². The van der Waals surface area contributed by atoms with E-state index in [1.807, 2.05) is 39.0 Å². The first kappa shape index (κ1) is 20.8. The van der Waals surface area contributed by atoms with E-state index in [1.54, 1.807) is 0 Å². The second-order valence-electron chi connectivity index (χ2n) is 9.19. The standard InChI is InChI=1S/C25H31NO4/c1-5-25(6-2,7-3)23(29)30-15-10-11-18-17(13-15)24(4)12-8-9-16(22(24)26-18)21-19(27)14-20(21)28/h10-11,13-14,16,21,27H,5-9,12H2,1-4H3. The molecule has 160 valence electrons. The molecule has 3 atom stereocenters. The molecule has 30 heavy (non-hydrogen) atoms. The summed E-state index contributed by atoms with van der Waals surface area (Å²) in [4.78, 5) is 29.9. The quantitative estimate of drug-likeness (QED) is 0.491. The van der Waals surface area contributed by atoms with Crippen LogP contribution in [-0.2, 0) is 15.0 Å². The lowest BCUT2D eigenvalue weighted by Gasteiger charge is -2.41. The highest BCUT2D eigenvalue weighted by Crippen LogP contribution is 2.52. The van der Waals surface area contributed by atoms with Crippen LogP contribution in [0.25, 0.3) is 0 Å². The Labute approximate surface area is 178 Å². The third-order valence-corrected chi connectivity index (χ3v) is 7.90. The van der Waals surface area contributed by atoms with E-state index in [1.165, 1.54) is 6.08 Å². The number of ketones is 1. The van der Waals surface area contributed by atoms with E-state index < -0.39 is 11.3 Å². The summed E-state index contributed by atoms with van der Waals surface area (Å²) in [5, 5.41) is 10.1. The molecule has 1 saturated carbocycles. The van der Waals surface area contributed by atoms with Crippen molar-refractivity contribution in [2.24, 2.45) is 22.2 Å². The second kappa shape index (κ2) is 7.36. The van der Waals surface area contributed by atoms with E-state index in [4.69, 9.17) is 9.73 Å². The average molecular weight is 410 g/mol. The highest BCUT2D eigenvalue weighted by Gasteiger charge is 2.51. The van der Waals surface area contributed by atoms with Crippen molar-refractivity contribution in [3.8, 4) is 5.75 Å². The van der Waals surface area contributed by atoms with Gasteiger partial charge >= 0.3 is 5.97 Å². The van der Waals surface area contributed by atoms with Gasteiger partial charge in [0.05, 0.1) is 17.0 Å². The van der Waals surface area contributed by atoms with Crippen molar-refractivity contribution in [3.63, 3.8) is 0 Å². The molecule has 0 aromatic heterocycles. The molecule has 2 aliphatic carbocycles. The molecule has 5 heteroatoms. The molecule has 1 aromatic rings. The molecule has 0 bridgehead atoms. The van der Waals surface area contributed by atoms with Gasteiger partial charge in [0.1, 0.15) is 11.5 Å². The topological polar surface area (TPSA) is 76.0 Å². The van der Waals surface area contributed by atoms with Gasteiger partial charge in [0, 0.05) is 23.1 Å². The van der Waals surface area contributed by atoms with Gasteiger partial charge in [0.2, 0.25) is 0 Å². The number of ether oxygens (including phenoxy) is 1. The first-order valence-corrected chi connectivity index (χ1v) is 11.2. The SMILES string of the molecule is CCC(CC)(CC)C(=O)Oc1ccc2c(c1)C1(C)CCCC(C3C(=O)C=C3O)C1=N2. The van der Waals surface area contributed by atoms with Crippen LogP contribution in [0.4, 0.5) is 5.69 Å². The van der Waals surface area contributed by atoms with Crippen LogP contribution >= 0.6 is 0 Å². The summed E-state index contributed by atoms with van der Waals surface area (Å²) < 4.78 is 5.85. The summed E-state index contributed by atoms with van der Waals surface area (Å²) >= 11 is 0. The number of fused-ring (bicyclic) bond motifs is 3. The van der Waals surface area contributed by atoms with E-state index in [-0.39, 0.29) is 28.8 Å². The number of benzene rings is 1. The van der Waals surface area contributed by atoms with Gasteiger partial charge in [-0.2, -0.15) is 0 Å². The van der Waals surface area contributed by atoms with Gasteiger partial charge in [-0.25, -0.2) is 0 Å². The van der Waals surface area contributed by atoms with E-state index in [0.717, 1.165) is 55.5 Å². The summed E-state index contributed by atoms with van der Waals surface area (Å²) in [6.07, 6.45) is 6.32. The van der Waals surface area contributed by atoms with Gasteiger partial charge in [0.15, 0.2) is 5.78 Å². The molecule has 3 unspecified atom stereocenters. The maximum Gasteiger partial charge on any atom is 0.317 e. The minimum absolute atomic E-state index is 0.00920. The van der Waals surface area contributed by atoms with E-state index >= 15 is 0 Å². The Balaban J connectivity index is 1.63. The highest BCUT2D eigenvalue weighted by molar-refractivity contribution is 6.09. The number of carbonyl (C=O) groups is 2. The van der Waals surface area contributed by atoms with Crippen LogP contribution in [0.2, 0.25) is 0 Å². The number of rotatable bonds is 6. The zero-order chi connectivity index (χ0) is 21.7. The van der Waals surface area contributed by atoms with E-state index in [9.17, 15) is 14.7 Å². The fourth-order valence-electron chi connectivity index (χ4n) is 5.58. The van der Waals surface area contributed by atoms with Gasteiger partial charge in [-0.05, 0) is 55.9 Å². The van der Waals surface area contributed by atoms with Gasteiger partial charge in [-0.15, -0.1) is 0 Å². The maximum atomic E-state index is 12.9. The third-order valence-electron chi connectivity index (χ3n) is 7.90. The maximum absolute atomic E-state index is 12.9. The van der Waals surface area contributed by atoms with Crippen molar-refractivity contribution in [1.29, 1.82) is 0 Å². The summed E-state index contributed by atoms with van der Waals surface area (Å²) in [5.41, 5.74) is 2.17. The number of carbonyl (C=O) groups excluding carboxylic acids is 2. The van der Waals surface area contributed by atoms with Gasteiger partial charge in [-0.1, -0.05) is 34.1 Å². The fourth-order valence-corrected chi connectivity index (χ4v) is 5.58. The number of aliphatic hydroxyl groups is 1. The van der Waals surface area contributed by atoms with Gasteiger partial charge in [0.25, 0.3) is 0 Å². The van der Waals surface area contributed by atoms with Gasteiger partial charge in [-0.3, -0.25) is 14.6 Å². The Bertz CT molecular complexity index is 948. The molecular weight excluding hydrogens is 378 g/mol. The molecule has 5 nitrogen and oxygen atoms in total. The number of hydrogen-bond acceptors (Lipinski definition) is 5. The minimum Gasteiger partial charge on any atom is -0.511 e. The zero-order valence-electron chi connectivity index (χ0n) is 18.3. The van der Waals surface area contributed by atoms with Crippen LogP contribution in [0.1, 0.15) is 71.8 Å². The first-order chi connectivity index (χ1) is 14.3. The minimum atomic E-state index is -0.450. The molecule has 3 aliphatic rings. The molecule has 4 rings (SSSR count). The van der Waals surface area contributed by atoms with Crippen LogP contribution in [0.3, 0.4) is 0 Å². The summed E-state index contributed by atoms with van der Waals surface area (Å²) in [5.74, 6) is 0.0427. The predicted octanol–water partition coefficient (Wildman–Crippen LogP) is 5.59. The van der Waals surface area contributed by atoms with Crippen LogP contribution in [-0.4, -0.2) is 22.6 Å². The fraction of sp³-hybridized carbons (Fsp3) is 0.560. The van der Waals surface area contributed by atoms with Crippen LogP contribution < -0.4 is 4.74 Å². The van der Waals surface area contributed by atoms with Crippen LogP contribution in [0.5, 0.6) is 5.75 Å². The number of esters is 1. The number of aliphatic imine (C=N–C) groups is 1. The Morgan fingerprint density at radius 2 is 1.97 bits per heavy atom. The largest absolute Gasteiger partial charge is 0.511 e. The number of hydrogen-bond donors (Lipinski definition) is 1. The molecule has 1 aliphatic heterocycles. The summed E-state index contributed by atoms with van der Waals surface area (Å²) in [7, 11) is 0. The van der Waals surface area contributed by atoms with Crippen LogP contribution in [0.15, 0.2) is 35.0 Å². The molecule has 0 saturated heterocycles. The number of nitrogens with zero attached hydrogens (tertiary/aromatic N) is 1. The Morgan fingerprint density at radius 3 is 2.57 bits per heavy atom. The molecule has 0 spiro atoms. The third kappa shape index (κ3) is 2.93. The van der Waals surface area contributed by atoms with Crippen LogP contribution in [0, 0.1) is 17.3 Å². The second-order valence-corrected chi connectivity index (χ2v) is 9.19. The molecular formula is C25H31NO4. The lowest BCUT2D eigenvalue weighted by molar-refractivity contribution is -0.146. The molecule has 1 fully saturated rings. The Hall–Kier alpha value is -2.43. The van der Waals surface area contributed by atoms with Crippen molar-refractivity contribution < 1.29 is 19.4 Å². The Morgan fingerprint density at radius 1 is 1.27 bits per heavy atom. The molecule has 0 amide bonds. The number of aliphatic hydroxyl groups excluding tert-OH is 1. The van der Waals surface area contributed by atoms with E-state index in [2.05, 4.69) is 6.92 Å². The normalized spacial score (nSPS) is 27.5. The lowest BCUT2D eigenvalue weighted by atomic mass is 9.61. The van der Waals surface area contributed by atoms with E-state index in [0.29, 0.717) is 5.75 Å². The van der Waals surface area contributed by atoms with Crippen molar-refractivity contribution >= 4 is 23.2 Å². The average Bonchev–Trinajstić information content (AvgIpc) is 3.03. The highest BCUT2D eigenvalue weighted by atomic mass is 16.5. The zero-order valence-corrected chi connectivity index (χ0v) is 18.3. The molecule has 1 aromatic carbocycles. The van der Waals surface area contributed by atoms with Crippen molar-refractivity contribution in [2.45, 2.75) is 71.6 Å². The number of allylic oxidation sites excluding steroid dienone is 2. The molecule has 1 N–H and O–H groups in total.